The van der Waals surface area contributed by atoms with Crippen LogP contribution in [0.1, 0.15) is 6.42 Å². The van der Waals surface area contributed by atoms with E-state index in [1.165, 1.54) is 12.1 Å². The minimum absolute atomic E-state index is 0.161. The van der Waals surface area contributed by atoms with Crippen molar-refractivity contribution in [2.45, 2.75) is 17.4 Å². The maximum Gasteiger partial charge on any atom is 0.307 e. The average Bonchev–Trinajstić information content (AvgIpc) is 3.13. The molecule has 0 N–H and O–H groups in total. The Morgan fingerprint density at radius 3 is 2.66 bits per heavy atom. The fourth-order valence-corrected chi connectivity index (χ4v) is 5.33. The van der Waals surface area contributed by atoms with Crippen LogP contribution in [0, 0.1) is 0 Å². The number of thiazole rings is 1. The molecular formula is C20H20N2O5S2. The van der Waals surface area contributed by atoms with E-state index in [0.29, 0.717) is 13.1 Å². The first-order chi connectivity index (χ1) is 14.0. The highest BCUT2D eigenvalue weighted by atomic mass is 32.2. The number of aromatic nitrogens is 1. The number of rotatable bonds is 7. The van der Waals surface area contributed by atoms with Crippen LogP contribution in [0.25, 0.3) is 10.2 Å². The van der Waals surface area contributed by atoms with Gasteiger partial charge in [0.2, 0.25) is 0 Å². The van der Waals surface area contributed by atoms with Gasteiger partial charge in [-0.1, -0.05) is 35.6 Å². The van der Waals surface area contributed by atoms with Gasteiger partial charge >= 0.3 is 5.97 Å². The second-order valence-corrected chi connectivity index (χ2v) is 9.82. The lowest BCUT2D eigenvalue weighted by Gasteiger charge is -2.38. The molecule has 2 aromatic carbocycles. The zero-order valence-electron chi connectivity index (χ0n) is 15.8. The van der Waals surface area contributed by atoms with Crippen molar-refractivity contribution in [3.63, 3.8) is 0 Å². The Labute approximate surface area is 172 Å². The number of benzene rings is 2. The summed E-state index contributed by atoms with van der Waals surface area (Å²) in [5.41, 5.74) is 0.821. The molecule has 7 nitrogen and oxygen atoms in total. The number of carbonyl (C=O) groups is 1. The topological polar surface area (TPSA) is 85.8 Å². The molecule has 0 atom stereocenters. The lowest BCUT2D eigenvalue weighted by atomic mass is 10.2. The summed E-state index contributed by atoms with van der Waals surface area (Å²) in [6.07, 6.45) is -0.415. The third kappa shape index (κ3) is 4.20. The zero-order chi connectivity index (χ0) is 20.4. The van der Waals surface area contributed by atoms with Crippen LogP contribution in [-0.2, 0) is 19.4 Å². The SMILES string of the molecule is COc1cccc2sc(N3CC(OC(=O)CCS(=O)(=O)c4ccccc4)C3)nc12. The van der Waals surface area contributed by atoms with Crippen molar-refractivity contribution in [3.8, 4) is 5.75 Å². The van der Waals surface area contributed by atoms with E-state index in [0.717, 1.165) is 21.1 Å². The van der Waals surface area contributed by atoms with Gasteiger partial charge in [0.1, 0.15) is 17.4 Å². The summed E-state index contributed by atoms with van der Waals surface area (Å²) >= 11 is 1.56. The first-order valence-electron chi connectivity index (χ1n) is 9.12. The molecule has 9 heteroatoms. The summed E-state index contributed by atoms with van der Waals surface area (Å²) in [5.74, 6) is -0.0301. The van der Waals surface area contributed by atoms with E-state index >= 15 is 0 Å². The van der Waals surface area contributed by atoms with Crippen molar-refractivity contribution in [2.75, 3.05) is 30.9 Å². The molecule has 1 saturated heterocycles. The third-order valence-electron chi connectivity index (χ3n) is 4.68. The summed E-state index contributed by atoms with van der Waals surface area (Å²) in [5, 5.41) is 0.850. The highest BCUT2D eigenvalue weighted by Gasteiger charge is 2.32. The second-order valence-electron chi connectivity index (χ2n) is 6.70. The van der Waals surface area contributed by atoms with Gasteiger partial charge in [0.05, 0.1) is 42.0 Å². The second kappa shape index (κ2) is 8.00. The van der Waals surface area contributed by atoms with Crippen molar-refractivity contribution in [2.24, 2.45) is 0 Å². The number of nitrogens with zero attached hydrogens (tertiary/aromatic N) is 2. The van der Waals surface area contributed by atoms with Gasteiger partial charge in [0.25, 0.3) is 0 Å². The molecule has 0 amide bonds. The third-order valence-corrected chi connectivity index (χ3v) is 7.50. The first-order valence-corrected chi connectivity index (χ1v) is 11.6. The molecule has 1 aromatic heterocycles. The van der Waals surface area contributed by atoms with Gasteiger partial charge in [-0.25, -0.2) is 13.4 Å². The van der Waals surface area contributed by atoms with Crippen molar-refractivity contribution >= 4 is 42.5 Å². The van der Waals surface area contributed by atoms with Crippen molar-refractivity contribution in [1.82, 2.24) is 4.98 Å². The molecule has 1 fully saturated rings. The molecule has 4 rings (SSSR count). The molecule has 3 aromatic rings. The van der Waals surface area contributed by atoms with Gasteiger partial charge in [-0.2, -0.15) is 0 Å². The van der Waals surface area contributed by atoms with Crippen molar-refractivity contribution in [1.29, 1.82) is 0 Å². The number of ether oxygens (including phenoxy) is 2. The van der Waals surface area contributed by atoms with Crippen LogP contribution in [0.3, 0.4) is 0 Å². The number of carbonyl (C=O) groups excluding carboxylic acids is 1. The number of methoxy groups -OCH3 is 1. The maximum absolute atomic E-state index is 12.2. The molecule has 0 radical (unpaired) electrons. The largest absolute Gasteiger partial charge is 0.494 e. The Morgan fingerprint density at radius 2 is 1.93 bits per heavy atom. The van der Waals surface area contributed by atoms with Crippen LogP contribution in [0.2, 0.25) is 0 Å². The van der Waals surface area contributed by atoms with Gasteiger partial charge in [0.15, 0.2) is 15.0 Å². The smallest absolute Gasteiger partial charge is 0.307 e. The van der Waals surface area contributed by atoms with Gasteiger partial charge < -0.3 is 14.4 Å². The quantitative estimate of drug-likeness (QED) is 0.531. The van der Waals surface area contributed by atoms with E-state index in [1.807, 2.05) is 23.1 Å². The molecule has 0 saturated carbocycles. The molecule has 0 spiro atoms. The standard InChI is InChI=1S/C20H20N2O5S2/c1-26-16-8-5-9-17-19(16)21-20(28-17)22-12-14(13-22)27-18(23)10-11-29(24,25)15-6-3-2-4-7-15/h2-9,14H,10-13H2,1H3. The van der Waals surface area contributed by atoms with Gasteiger partial charge in [-0.15, -0.1) is 0 Å². The number of esters is 1. The van der Waals surface area contributed by atoms with Crippen LogP contribution in [0.15, 0.2) is 53.4 Å². The highest BCUT2D eigenvalue weighted by Crippen LogP contribution is 2.35. The number of anilines is 1. The predicted octanol–water partition coefficient (Wildman–Crippen LogP) is 2.90. The van der Waals surface area contributed by atoms with E-state index in [9.17, 15) is 13.2 Å². The molecule has 0 unspecified atom stereocenters. The molecule has 0 aliphatic carbocycles. The first kappa shape index (κ1) is 19.7. The predicted molar refractivity (Wildman–Crippen MR) is 111 cm³/mol. The van der Waals surface area contributed by atoms with Crippen LogP contribution in [0.5, 0.6) is 5.75 Å². The molecule has 1 aliphatic rings. The lowest BCUT2D eigenvalue weighted by molar-refractivity contribution is -0.149. The summed E-state index contributed by atoms with van der Waals surface area (Å²) in [4.78, 5) is 18.9. The Bertz CT molecular complexity index is 1120. The number of hydrogen-bond acceptors (Lipinski definition) is 8. The molecule has 29 heavy (non-hydrogen) atoms. The Kier molecular flexibility index (Phi) is 5.42. The summed E-state index contributed by atoms with van der Waals surface area (Å²) in [7, 11) is -1.87. The van der Waals surface area contributed by atoms with Crippen LogP contribution >= 0.6 is 11.3 Å². The maximum atomic E-state index is 12.2. The van der Waals surface area contributed by atoms with Crippen molar-refractivity contribution in [3.05, 3.63) is 48.5 Å². The van der Waals surface area contributed by atoms with E-state index in [-0.39, 0.29) is 23.2 Å². The normalized spacial score (nSPS) is 14.6. The monoisotopic (exact) mass is 432 g/mol. The van der Waals surface area contributed by atoms with Crippen LogP contribution < -0.4 is 9.64 Å². The number of hydrogen-bond donors (Lipinski definition) is 0. The minimum atomic E-state index is -3.49. The summed E-state index contributed by atoms with van der Waals surface area (Å²) in [6, 6.07) is 13.9. The van der Waals surface area contributed by atoms with E-state index in [2.05, 4.69) is 4.98 Å². The minimum Gasteiger partial charge on any atom is -0.494 e. The van der Waals surface area contributed by atoms with Gasteiger partial charge in [-0.05, 0) is 24.3 Å². The number of sulfone groups is 1. The average molecular weight is 433 g/mol. The Hall–Kier alpha value is -2.65. The fraction of sp³-hybridized carbons (Fsp3) is 0.300. The molecule has 2 heterocycles. The molecular weight excluding hydrogens is 412 g/mol. The highest BCUT2D eigenvalue weighted by molar-refractivity contribution is 7.91. The lowest BCUT2D eigenvalue weighted by Crippen LogP contribution is -2.53. The van der Waals surface area contributed by atoms with Gasteiger partial charge in [-0.3, -0.25) is 4.79 Å². The van der Waals surface area contributed by atoms with E-state index < -0.39 is 15.8 Å². The summed E-state index contributed by atoms with van der Waals surface area (Å²) in [6.45, 7) is 1.08. The van der Waals surface area contributed by atoms with E-state index in [1.54, 1.807) is 36.6 Å². The number of para-hydroxylation sites is 1. The van der Waals surface area contributed by atoms with Crippen LogP contribution in [0.4, 0.5) is 5.13 Å². The van der Waals surface area contributed by atoms with Gasteiger partial charge in [0, 0.05) is 0 Å². The summed E-state index contributed by atoms with van der Waals surface area (Å²) < 4.78 is 36.3. The Balaban J connectivity index is 1.29. The van der Waals surface area contributed by atoms with E-state index in [4.69, 9.17) is 9.47 Å². The fourth-order valence-electron chi connectivity index (χ4n) is 3.09. The molecule has 1 aliphatic heterocycles. The number of fused-ring (bicyclic) bond motifs is 1. The van der Waals surface area contributed by atoms with Crippen molar-refractivity contribution < 1.29 is 22.7 Å². The van der Waals surface area contributed by atoms with Crippen LogP contribution in [-0.4, -0.2) is 51.4 Å². The zero-order valence-corrected chi connectivity index (χ0v) is 17.4. The Morgan fingerprint density at radius 1 is 1.17 bits per heavy atom. The molecule has 0 bridgehead atoms. The molecule has 152 valence electrons.